The molecule has 150 valence electrons. The Balaban J connectivity index is 1.25. The third-order valence-corrected chi connectivity index (χ3v) is 6.89. The topological polar surface area (TPSA) is 41.6 Å². The fraction of sp³-hybridized carbons (Fsp3) is 0.429. The van der Waals surface area contributed by atoms with Crippen LogP contribution < -0.4 is 10.1 Å². The average molecular weight is 406 g/mol. The molecule has 0 spiro atoms. The maximum atomic E-state index is 13.8. The van der Waals surface area contributed by atoms with Gasteiger partial charge in [0.25, 0.3) is 0 Å². The maximum absolute atomic E-state index is 13.8. The Morgan fingerprint density at radius 3 is 2.64 bits per heavy atom. The third-order valence-electron chi connectivity index (χ3n) is 5.56. The van der Waals surface area contributed by atoms with Crippen molar-refractivity contribution < 1.29 is 17.7 Å². The number of nitrogens with one attached hydrogen (secondary N) is 1. The van der Waals surface area contributed by atoms with E-state index in [0.29, 0.717) is 18.9 Å². The number of anilines is 1. The molecule has 0 aliphatic carbocycles. The van der Waals surface area contributed by atoms with Crippen molar-refractivity contribution in [3.05, 3.63) is 53.6 Å². The van der Waals surface area contributed by atoms with Gasteiger partial charge in [-0.2, -0.15) is 0 Å². The predicted molar refractivity (Wildman–Crippen MR) is 106 cm³/mol. The minimum Gasteiger partial charge on any atom is -0.471 e. The van der Waals surface area contributed by atoms with Crippen LogP contribution >= 0.6 is 0 Å². The Morgan fingerprint density at radius 1 is 1.14 bits per heavy atom. The highest BCUT2D eigenvalue weighted by Gasteiger charge is 2.22. The summed E-state index contributed by atoms with van der Waals surface area (Å²) in [7, 11) is -1.07. The molecule has 4 rings (SSSR count). The summed E-state index contributed by atoms with van der Waals surface area (Å²) in [6, 6.07) is 9.68. The Labute approximate surface area is 166 Å². The molecule has 2 heterocycles. The number of hydrogen-bond acceptors (Lipinski definition) is 4. The lowest BCUT2D eigenvalue weighted by Gasteiger charge is -2.32. The summed E-state index contributed by atoms with van der Waals surface area (Å²) in [6.07, 6.45) is 2.25. The van der Waals surface area contributed by atoms with Crippen LogP contribution in [0.3, 0.4) is 0 Å². The second-order valence-corrected chi connectivity index (χ2v) is 8.93. The summed E-state index contributed by atoms with van der Waals surface area (Å²) in [4.78, 5) is 3.07. The molecule has 4 nitrogen and oxygen atoms in total. The lowest BCUT2D eigenvalue weighted by molar-refractivity contribution is 0.192. The van der Waals surface area contributed by atoms with Gasteiger partial charge in [0.1, 0.15) is 17.4 Å². The van der Waals surface area contributed by atoms with Crippen LogP contribution in [0.2, 0.25) is 0 Å². The SMILES string of the molecule is O=S(CCN1CCC(Cc2c(F)cccc2F)CC1)c1ccc2c(c1)OCN2. The van der Waals surface area contributed by atoms with Crippen molar-refractivity contribution in [2.24, 2.45) is 5.92 Å². The van der Waals surface area contributed by atoms with Crippen molar-refractivity contribution in [1.29, 1.82) is 0 Å². The molecule has 1 unspecified atom stereocenters. The second-order valence-electron chi connectivity index (χ2n) is 7.36. The number of rotatable bonds is 6. The van der Waals surface area contributed by atoms with Gasteiger partial charge in [-0.1, -0.05) is 6.07 Å². The molecule has 1 saturated heterocycles. The summed E-state index contributed by atoms with van der Waals surface area (Å²) in [6.45, 7) is 2.95. The summed E-state index contributed by atoms with van der Waals surface area (Å²) < 4.78 is 45.7. The zero-order chi connectivity index (χ0) is 19.5. The first-order valence-corrected chi connectivity index (χ1v) is 11.0. The largest absolute Gasteiger partial charge is 0.471 e. The highest BCUT2D eigenvalue weighted by molar-refractivity contribution is 7.85. The van der Waals surface area contributed by atoms with Crippen molar-refractivity contribution in [1.82, 2.24) is 4.90 Å². The molecule has 2 aliphatic heterocycles. The monoisotopic (exact) mass is 406 g/mol. The van der Waals surface area contributed by atoms with Gasteiger partial charge in [0.2, 0.25) is 0 Å². The number of nitrogens with zero attached hydrogens (tertiary/aromatic N) is 1. The molecule has 0 bridgehead atoms. The molecular weight excluding hydrogens is 382 g/mol. The van der Waals surface area contributed by atoms with Crippen LogP contribution in [0.1, 0.15) is 18.4 Å². The van der Waals surface area contributed by atoms with Crippen LogP contribution in [0.5, 0.6) is 5.75 Å². The number of fused-ring (bicyclic) bond motifs is 1. The number of likely N-dealkylation sites (tertiary alicyclic amines) is 1. The van der Waals surface area contributed by atoms with Crippen molar-refractivity contribution in [3.8, 4) is 5.75 Å². The highest BCUT2D eigenvalue weighted by atomic mass is 32.2. The minimum absolute atomic E-state index is 0.204. The van der Waals surface area contributed by atoms with Gasteiger partial charge in [-0.05, 0) is 68.6 Å². The summed E-state index contributed by atoms with van der Waals surface area (Å²) >= 11 is 0. The third kappa shape index (κ3) is 4.36. The van der Waals surface area contributed by atoms with E-state index in [2.05, 4.69) is 10.2 Å². The van der Waals surface area contributed by atoms with Crippen molar-refractivity contribution >= 4 is 16.5 Å². The van der Waals surface area contributed by atoms with Gasteiger partial charge >= 0.3 is 0 Å². The molecular formula is C21H24F2N2O2S. The van der Waals surface area contributed by atoms with E-state index in [-0.39, 0.29) is 11.5 Å². The van der Waals surface area contributed by atoms with E-state index in [9.17, 15) is 13.0 Å². The quantitative estimate of drug-likeness (QED) is 0.793. The van der Waals surface area contributed by atoms with Crippen LogP contribution in [0.25, 0.3) is 0 Å². The average Bonchev–Trinajstić information content (AvgIpc) is 3.18. The minimum atomic E-state index is -1.07. The standard InChI is InChI=1S/C21H24F2N2O2S/c22-18-2-1-3-19(23)17(18)12-15-6-8-25(9-7-15)10-11-28(26)16-4-5-20-21(13-16)27-14-24-20/h1-5,13,15,24H,6-12,14H2. The summed E-state index contributed by atoms with van der Waals surface area (Å²) in [5, 5.41) is 3.10. The van der Waals surface area contributed by atoms with Crippen LogP contribution in [0, 0.1) is 17.6 Å². The lowest BCUT2D eigenvalue weighted by atomic mass is 9.90. The molecule has 1 N–H and O–H groups in total. The molecule has 0 radical (unpaired) electrons. The van der Waals surface area contributed by atoms with Crippen LogP contribution in [0.4, 0.5) is 14.5 Å². The predicted octanol–water partition coefficient (Wildman–Crippen LogP) is 3.79. The Kier molecular flexibility index (Phi) is 5.92. The van der Waals surface area contributed by atoms with Crippen molar-refractivity contribution in [2.75, 3.05) is 37.4 Å². The molecule has 2 aromatic carbocycles. The van der Waals surface area contributed by atoms with E-state index in [1.54, 1.807) is 0 Å². The highest BCUT2D eigenvalue weighted by Crippen LogP contribution is 2.31. The maximum Gasteiger partial charge on any atom is 0.159 e. The summed E-state index contributed by atoms with van der Waals surface area (Å²) in [5.74, 6) is 0.706. The number of piperidine rings is 1. The van der Waals surface area contributed by atoms with Gasteiger partial charge < -0.3 is 15.0 Å². The van der Waals surface area contributed by atoms with E-state index in [1.807, 2.05) is 18.2 Å². The fourth-order valence-corrected chi connectivity index (χ4v) is 4.98. The molecule has 0 amide bonds. The van der Waals surface area contributed by atoms with Gasteiger partial charge in [0.05, 0.1) is 16.5 Å². The molecule has 2 aliphatic rings. The zero-order valence-corrected chi connectivity index (χ0v) is 16.4. The molecule has 1 atom stereocenters. The molecule has 1 fully saturated rings. The van der Waals surface area contributed by atoms with E-state index in [1.165, 1.54) is 18.2 Å². The second kappa shape index (κ2) is 8.57. The number of halogens is 2. The summed E-state index contributed by atoms with van der Waals surface area (Å²) in [5.41, 5.74) is 1.14. The van der Waals surface area contributed by atoms with Gasteiger partial charge in [0, 0.05) is 22.8 Å². The van der Waals surface area contributed by atoms with E-state index in [4.69, 9.17) is 4.74 Å². The lowest BCUT2D eigenvalue weighted by Crippen LogP contribution is -2.36. The Bertz CT molecular complexity index is 849. The first-order valence-electron chi connectivity index (χ1n) is 9.64. The normalized spacial score (nSPS) is 18.4. The molecule has 0 saturated carbocycles. The van der Waals surface area contributed by atoms with Crippen LogP contribution in [-0.4, -0.2) is 41.2 Å². The van der Waals surface area contributed by atoms with E-state index >= 15 is 0 Å². The Hall–Kier alpha value is -1.99. The first kappa shape index (κ1) is 19.3. The Morgan fingerprint density at radius 2 is 1.89 bits per heavy atom. The van der Waals surface area contributed by atoms with Crippen molar-refractivity contribution in [2.45, 2.75) is 24.2 Å². The van der Waals surface area contributed by atoms with Crippen LogP contribution in [0.15, 0.2) is 41.3 Å². The zero-order valence-electron chi connectivity index (χ0n) is 15.6. The van der Waals surface area contributed by atoms with Crippen LogP contribution in [-0.2, 0) is 17.2 Å². The molecule has 0 aromatic heterocycles. The molecule has 7 heteroatoms. The number of ether oxygens (including phenoxy) is 1. The smallest absolute Gasteiger partial charge is 0.159 e. The fourth-order valence-electron chi connectivity index (χ4n) is 3.86. The van der Waals surface area contributed by atoms with Gasteiger partial charge in [-0.25, -0.2) is 8.78 Å². The van der Waals surface area contributed by atoms with Gasteiger partial charge in [0.15, 0.2) is 6.73 Å². The first-order chi connectivity index (χ1) is 13.6. The number of hydrogen-bond donors (Lipinski definition) is 1. The molecule has 2 aromatic rings. The van der Waals surface area contributed by atoms with E-state index in [0.717, 1.165) is 48.8 Å². The van der Waals surface area contributed by atoms with Gasteiger partial charge in [-0.15, -0.1) is 0 Å². The molecule has 28 heavy (non-hydrogen) atoms. The van der Waals surface area contributed by atoms with Crippen molar-refractivity contribution in [3.63, 3.8) is 0 Å². The van der Waals surface area contributed by atoms with E-state index < -0.39 is 22.4 Å². The van der Waals surface area contributed by atoms with Gasteiger partial charge in [-0.3, -0.25) is 4.21 Å². The number of benzene rings is 2.